The summed E-state index contributed by atoms with van der Waals surface area (Å²) in [6, 6.07) is 7.42. The van der Waals surface area contributed by atoms with Crippen LogP contribution < -0.4 is 5.32 Å². The zero-order valence-corrected chi connectivity index (χ0v) is 13.8. The highest BCUT2D eigenvalue weighted by atomic mass is 35.5. The number of halogens is 1. The molecule has 1 aliphatic heterocycles. The summed E-state index contributed by atoms with van der Waals surface area (Å²) in [6.07, 6.45) is 2.23. The molecule has 2 fully saturated rings. The Balaban J connectivity index is 1.71. The molecule has 1 heterocycles. The maximum Gasteiger partial charge on any atom is 0.252 e. The quantitative estimate of drug-likeness (QED) is 0.902. The van der Waals surface area contributed by atoms with Gasteiger partial charge in [-0.05, 0) is 37.5 Å². The van der Waals surface area contributed by atoms with Crippen LogP contribution in [-0.4, -0.2) is 30.4 Å². The molecule has 1 saturated carbocycles. The van der Waals surface area contributed by atoms with Crippen LogP contribution in [-0.2, 0) is 9.47 Å². The number of benzene rings is 1. The molecule has 1 aromatic rings. The summed E-state index contributed by atoms with van der Waals surface area (Å²) in [7, 11) is 0. The number of nitriles is 1. The summed E-state index contributed by atoms with van der Waals surface area (Å²) in [6.45, 7) is 3.06. The summed E-state index contributed by atoms with van der Waals surface area (Å²) >= 11 is 6.07. The van der Waals surface area contributed by atoms with E-state index in [9.17, 15) is 10.1 Å². The lowest BCUT2D eigenvalue weighted by molar-refractivity contribution is -0.182. The highest BCUT2D eigenvalue weighted by Gasteiger charge is 2.47. The molecule has 5 nitrogen and oxygen atoms in total. The molecule has 6 heteroatoms. The van der Waals surface area contributed by atoms with Gasteiger partial charge in [-0.25, -0.2) is 0 Å². The maximum absolute atomic E-state index is 12.5. The second-order valence-electron chi connectivity index (χ2n) is 6.22. The molecule has 1 amide bonds. The highest BCUT2D eigenvalue weighted by Crippen LogP contribution is 2.40. The van der Waals surface area contributed by atoms with Crippen molar-refractivity contribution in [3.8, 4) is 6.07 Å². The van der Waals surface area contributed by atoms with Crippen molar-refractivity contribution >= 4 is 17.5 Å². The van der Waals surface area contributed by atoms with Crippen molar-refractivity contribution in [1.29, 1.82) is 5.26 Å². The number of amides is 1. The van der Waals surface area contributed by atoms with Crippen LogP contribution in [0.2, 0.25) is 5.02 Å². The van der Waals surface area contributed by atoms with Gasteiger partial charge in [-0.15, -0.1) is 0 Å². The molecule has 0 atom stereocenters. The fourth-order valence-corrected chi connectivity index (χ4v) is 3.31. The third kappa shape index (κ3) is 3.20. The zero-order chi connectivity index (χ0) is 16.5. The number of ether oxygens (including phenoxy) is 2. The van der Waals surface area contributed by atoms with Gasteiger partial charge in [-0.2, -0.15) is 5.26 Å². The van der Waals surface area contributed by atoms with E-state index in [-0.39, 0.29) is 5.91 Å². The summed E-state index contributed by atoms with van der Waals surface area (Å²) in [4.78, 5) is 12.5. The molecule has 1 saturated heterocycles. The fraction of sp³-hybridized carbons (Fsp3) is 0.529. The number of carbonyl (C=O) groups excluding carboxylic acids is 1. The smallest absolute Gasteiger partial charge is 0.252 e. The molecule has 0 radical (unpaired) electrons. The molecule has 1 aliphatic carbocycles. The van der Waals surface area contributed by atoms with Crippen LogP contribution in [0.25, 0.3) is 0 Å². The maximum atomic E-state index is 12.5. The molecular formula is C17H19ClN2O3. The van der Waals surface area contributed by atoms with E-state index in [1.165, 1.54) is 0 Å². The van der Waals surface area contributed by atoms with Crippen molar-refractivity contribution in [2.24, 2.45) is 0 Å². The average Bonchev–Trinajstić information content (AvgIpc) is 3.01. The molecule has 3 rings (SSSR count). The first kappa shape index (κ1) is 16.3. The number of nitrogens with zero attached hydrogens (tertiary/aromatic N) is 1. The molecule has 1 spiro atoms. The van der Waals surface area contributed by atoms with Gasteiger partial charge in [0.05, 0.1) is 19.3 Å². The van der Waals surface area contributed by atoms with Crippen LogP contribution in [0, 0.1) is 18.3 Å². The Morgan fingerprint density at radius 2 is 1.91 bits per heavy atom. The summed E-state index contributed by atoms with van der Waals surface area (Å²) in [5, 5.41) is 13.0. The molecule has 0 unspecified atom stereocenters. The van der Waals surface area contributed by atoms with E-state index in [1.54, 1.807) is 18.2 Å². The second-order valence-corrected chi connectivity index (χ2v) is 6.63. The Bertz CT molecular complexity index is 652. The number of aryl methyl sites for hydroxylation is 1. The van der Waals surface area contributed by atoms with E-state index in [2.05, 4.69) is 11.4 Å². The SMILES string of the molecule is Cc1ccc(C(=O)NC2(C#N)CCC3(CC2)OCCO3)cc1Cl. The minimum Gasteiger partial charge on any atom is -0.348 e. The van der Waals surface area contributed by atoms with Gasteiger partial charge in [-0.1, -0.05) is 17.7 Å². The number of hydrogen-bond acceptors (Lipinski definition) is 4. The summed E-state index contributed by atoms with van der Waals surface area (Å²) in [5.74, 6) is -0.837. The Morgan fingerprint density at radius 1 is 1.26 bits per heavy atom. The van der Waals surface area contributed by atoms with Gasteiger partial charge >= 0.3 is 0 Å². The van der Waals surface area contributed by atoms with Crippen LogP contribution in [0.3, 0.4) is 0 Å². The van der Waals surface area contributed by atoms with Gasteiger partial charge in [-0.3, -0.25) is 4.79 Å². The largest absolute Gasteiger partial charge is 0.348 e. The second kappa shape index (κ2) is 6.12. The summed E-state index contributed by atoms with van der Waals surface area (Å²) in [5.41, 5.74) is 0.492. The van der Waals surface area contributed by atoms with Crippen LogP contribution >= 0.6 is 11.6 Å². The van der Waals surface area contributed by atoms with Gasteiger partial charge in [0.15, 0.2) is 5.79 Å². The van der Waals surface area contributed by atoms with E-state index in [0.717, 1.165) is 5.56 Å². The molecular weight excluding hydrogens is 316 g/mol. The van der Waals surface area contributed by atoms with E-state index < -0.39 is 11.3 Å². The molecule has 122 valence electrons. The first-order valence-corrected chi connectivity index (χ1v) is 8.13. The predicted molar refractivity (Wildman–Crippen MR) is 85.1 cm³/mol. The number of carbonyl (C=O) groups is 1. The first-order valence-electron chi connectivity index (χ1n) is 7.75. The van der Waals surface area contributed by atoms with Crippen molar-refractivity contribution in [2.45, 2.75) is 43.9 Å². The Hall–Kier alpha value is -1.61. The van der Waals surface area contributed by atoms with Crippen molar-refractivity contribution in [3.05, 3.63) is 34.3 Å². The molecule has 2 aliphatic rings. The third-order valence-electron chi connectivity index (χ3n) is 4.68. The Labute approximate surface area is 140 Å². The van der Waals surface area contributed by atoms with E-state index >= 15 is 0 Å². The van der Waals surface area contributed by atoms with E-state index in [1.807, 2.05) is 6.92 Å². The van der Waals surface area contributed by atoms with Crippen molar-refractivity contribution in [3.63, 3.8) is 0 Å². The van der Waals surface area contributed by atoms with Crippen molar-refractivity contribution in [1.82, 2.24) is 5.32 Å². The lowest BCUT2D eigenvalue weighted by Crippen LogP contribution is -2.53. The normalized spacial score (nSPS) is 21.8. The fourth-order valence-electron chi connectivity index (χ4n) is 3.13. The minimum absolute atomic E-state index is 0.280. The average molecular weight is 335 g/mol. The standard InChI is InChI=1S/C17H19ClN2O3/c1-12-2-3-13(10-14(12)18)15(21)20-16(11-19)4-6-17(7-5-16)22-8-9-23-17/h2-3,10H,4-9H2,1H3,(H,20,21). The van der Waals surface area contributed by atoms with Gasteiger partial charge in [0, 0.05) is 23.4 Å². The summed E-state index contributed by atoms with van der Waals surface area (Å²) < 4.78 is 11.4. The highest BCUT2D eigenvalue weighted by molar-refractivity contribution is 6.31. The number of rotatable bonds is 2. The molecule has 23 heavy (non-hydrogen) atoms. The third-order valence-corrected chi connectivity index (χ3v) is 5.09. The Morgan fingerprint density at radius 3 is 2.48 bits per heavy atom. The Kier molecular flexibility index (Phi) is 4.33. The topological polar surface area (TPSA) is 71.4 Å². The van der Waals surface area contributed by atoms with E-state index in [0.29, 0.717) is 49.5 Å². The zero-order valence-electron chi connectivity index (χ0n) is 13.0. The molecule has 1 N–H and O–H groups in total. The molecule has 0 aromatic heterocycles. The van der Waals surface area contributed by atoms with Crippen molar-refractivity contribution < 1.29 is 14.3 Å². The van der Waals surface area contributed by atoms with E-state index in [4.69, 9.17) is 21.1 Å². The molecule has 1 aromatic carbocycles. The van der Waals surface area contributed by atoms with Crippen molar-refractivity contribution in [2.75, 3.05) is 13.2 Å². The minimum atomic E-state index is -0.880. The van der Waals surface area contributed by atoms with Crippen LogP contribution in [0.15, 0.2) is 18.2 Å². The van der Waals surface area contributed by atoms with Gasteiger partial charge in [0.2, 0.25) is 0 Å². The van der Waals surface area contributed by atoms with Gasteiger partial charge in [0.25, 0.3) is 5.91 Å². The first-order chi connectivity index (χ1) is 11.0. The lowest BCUT2D eigenvalue weighted by atomic mass is 9.79. The monoisotopic (exact) mass is 334 g/mol. The van der Waals surface area contributed by atoms with Gasteiger partial charge < -0.3 is 14.8 Å². The number of hydrogen-bond donors (Lipinski definition) is 1. The van der Waals surface area contributed by atoms with Crippen LogP contribution in [0.4, 0.5) is 0 Å². The molecule has 0 bridgehead atoms. The van der Waals surface area contributed by atoms with Gasteiger partial charge in [0.1, 0.15) is 5.54 Å². The van der Waals surface area contributed by atoms with Crippen LogP contribution in [0.5, 0.6) is 0 Å². The van der Waals surface area contributed by atoms with Crippen LogP contribution in [0.1, 0.15) is 41.6 Å². The lowest BCUT2D eigenvalue weighted by Gasteiger charge is -2.40. The number of nitrogens with one attached hydrogen (secondary N) is 1. The predicted octanol–water partition coefficient (Wildman–Crippen LogP) is 2.96.